The zero-order valence-corrected chi connectivity index (χ0v) is 14.5. The van der Waals surface area contributed by atoms with Crippen LogP contribution in [0.15, 0.2) is 77.9 Å². The van der Waals surface area contributed by atoms with Crippen LogP contribution in [-0.2, 0) is 0 Å². The first kappa shape index (κ1) is 16.7. The van der Waals surface area contributed by atoms with Gasteiger partial charge in [-0.15, -0.1) is 0 Å². The number of hydrazone groups is 1. The van der Waals surface area contributed by atoms with Crippen molar-refractivity contribution in [2.24, 2.45) is 5.10 Å². The molecule has 1 heterocycles. The summed E-state index contributed by atoms with van der Waals surface area (Å²) < 4.78 is 26.6. The molecule has 130 valence electrons. The normalized spacial score (nSPS) is 16.7. The summed E-state index contributed by atoms with van der Waals surface area (Å²) in [7, 11) is 0. The molecule has 3 aromatic carbocycles. The summed E-state index contributed by atoms with van der Waals surface area (Å²) in [5.74, 6) is -0.568. The fraction of sp³-hybridized carbons (Fsp3) is 0.0952. The Balaban J connectivity index is 1.77. The second-order valence-corrected chi connectivity index (χ2v) is 6.53. The van der Waals surface area contributed by atoms with Crippen molar-refractivity contribution in [1.82, 2.24) is 0 Å². The van der Waals surface area contributed by atoms with Crippen LogP contribution < -0.4 is 5.01 Å². The molecule has 1 unspecified atom stereocenters. The molecule has 0 aromatic heterocycles. The standard InChI is InChI=1S/C21H15ClF2N2/c22-18-3-1-2-4-20(18)26-21(15-7-11-17(24)12-8-15)13-19(25-26)14-5-9-16(23)10-6-14/h1-12,21H,13H2. The molecular weight excluding hydrogens is 354 g/mol. The molecule has 1 aliphatic rings. The third-order valence-corrected chi connectivity index (χ3v) is 4.76. The van der Waals surface area contributed by atoms with Gasteiger partial charge in [-0.3, -0.25) is 5.01 Å². The Morgan fingerprint density at radius 3 is 2.12 bits per heavy atom. The monoisotopic (exact) mass is 368 g/mol. The summed E-state index contributed by atoms with van der Waals surface area (Å²) >= 11 is 6.38. The lowest BCUT2D eigenvalue weighted by atomic mass is 9.98. The number of halogens is 3. The maximum atomic E-state index is 13.3. The smallest absolute Gasteiger partial charge is 0.123 e. The Hall–Kier alpha value is -2.72. The lowest BCUT2D eigenvalue weighted by Crippen LogP contribution is -2.18. The molecule has 0 radical (unpaired) electrons. The summed E-state index contributed by atoms with van der Waals surface area (Å²) in [5, 5.41) is 7.19. The number of anilines is 1. The van der Waals surface area contributed by atoms with Crippen LogP contribution in [0.25, 0.3) is 0 Å². The largest absolute Gasteiger partial charge is 0.256 e. The predicted molar refractivity (Wildman–Crippen MR) is 101 cm³/mol. The van der Waals surface area contributed by atoms with Gasteiger partial charge in [0.2, 0.25) is 0 Å². The molecule has 0 saturated carbocycles. The molecule has 26 heavy (non-hydrogen) atoms. The van der Waals surface area contributed by atoms with Crippen LogP contribution in [0.2, 0.25) is 5.02 Å². The molecule has 1 aliphatic heterocycles. The molecule has 0 aliphatic carbocycles. The van der Waals surface area contributed by atoms with Crippen molar-refractivity contribution < 1.29 is 8.78 Å². The van der Waals surface area contributed by atoms with E-state index in [0.29, 0.717) is 11.4 Å². The number of para-hydroxylation sites is 1. The molecule has 3 aromatic rings. The summed E-state index contributed by atoms with van der Waals surface area (Å²) in [4.78, 5) is 0. The van der Waals surface area contributed by atoms with E-state index in [1.165, 1.54) is 24.3 Å². The van der Waals surface area contributed by atoms with Crippen LogP contribution in [0.3, 0.4) is 0 Å². The van der Waals surface area contributed by atoms with E-state index in [2.05, 4.69) is 0 Å². The van der Waals surface area contributed by atoms with E-state index in [4.69, 9.17) is 16.7 Å². The van der Waals surface area contributed by atoms with Crippen molar-refractivity contribution in [2.45, 2.75) is 12.5 Å². The number of benzene rings is 3. The van der Waals surface area contributed by atoms with Crippen LogP contribution in [0, 0.1) is 11.6 Å². The van der Waals surface area contributed by atoms with Gasteiger partial charge in [0.05, 0.1) is 22.5 Å². The van der Waals surface area contributed by atoms with Crippen molar-refractivity contribution in [3.8, 4) is 0 Å². The van der Waals surface area contributed by atoms with E-state index in [0.717, 1.165) is 22.5 Å². The van der Waals surface area contributed by atoms with Crippen LogP contribution in [0.1, 0.15) is 23.6 Å². The van der Waals surface area contributed by atoms with Gasteiger partial charge in [-0.2, -0.15) is 5.10 Å². The topological polar surface area (TPSA) is 15.6 Å². The predicted octanol–water partition coefficient (Wildman–Crippen LogP) is 5.97. The lowest BCUT2D eigenvalue weighted by Gasteiger charge is -2.24. The Kier molecular flexibility index (Phi) is 4.43. The van der Waals surface area contributed by atoms with Crippen molar-refractivity contribution in [3.63, 3.8) is 0 Å². The molecule has 4 rings (SSSR count). The van der Waals surface area contributed by atoms with E-state index in [9.17, 15) is 8.78 Å². The second-order valence-electron chi connectivity index (χ2n) is 6.12. The van der Waals surface area contributed by atoms with Gasteiger partial charge >= 0.3 is 0 Å². The summed E-state index contributed by atoms with van der Waals surface area (Å²) in [6.45, 7) is 0. The fourth-order valence-electron chi connectivity index (χ4n) is 3.13. The van der Waals surface area contributed by atoms with Crippen molar-refractivity contribution in [3.05, 3.63) is 101 Å². The maximum absolute atomic E-state index is 13.3. The van der Waals surface area contributed by atoms with Crippen molar-refractivity contribution >= 4 is 23.0 Å². The highest BCUT2D eigenvalue weighted by atomic mass is 35.5. The molecule has 0 amide bonds. The second kappa shape index (κ2) is 6.89. The first-order valence-electron chi connectivity index (χ1n) is 8.24. The highest BCUT2D eigenvalue weighted by Gasteiger charge is 2.30. The molecule has 0 fully saturated rings. The molecule has 0 saturated heterocycles. The van der Waals surface area contributed by atoms with E-state index >= 15 is 0 Å². The quantitative estimate of drug-likeness (QED) is 0.555. The third-order valence-electron chi connectivity index (χ3n) is 4.44. The highest BCUT2D eigenvalue weighted by molar-refractivity contribution is 6.33. The van der Waals surface area contributed by atoms with E-state index < -0.39 is 0 Å². The number of hydrogen-bond acceptors (Lipinski definition) is 2. The average Bonchev–Trinajstić information content (AvgIpc) is 3.08. The molecule has 0 N–H and O–H groups in total. The summed E-state index contributed by atoms with van der Waals surface area (Å²) in [6.07, 6.45) is 0.614. The molecule has 1 atom stereocenters. The first-order chi connectivity index (χ1) is 12.6. The minimum Gasteiger partial charge on any atom is -0.256 e. The SMILES string of the molecule is Fc1ccc(C2=NN(c3ccccc3Cl)C(c3ccc(F)cc3)C2)cc1. The van der Waals surface area contributed by atoms with Gasteiger partial charge in [-0.25, -0.2) is 8.78 Å². The molecule has 0 bridgehead atoms. The lowest BCUT2D eigenvalue weighted by molar-refractivity contribution is 0.624. The van der Waals surface area contributed by atoms with Gasteiger partial charge in [0.15, 0.2) is 0 Å². The highest BCUT2D eigenvalue weighted by Crippen LogP contribution is 2.39. The number of nitrogens with zero attached hydrogens (tertiary/aromatic N) is 2. The Labute approximate surface area is 155 Å². The molecule has 0 spiro atoms. The van der Waals surface area contributed by atoms with Crippen LogP contribution >= 0.6 is 11.6 Å². The van der Waals surface area contributed by atoms with Crippen molar-refractivity contribution in [1.29, 1.82) is 0 Å². The molecular formula is C21H15ClF2N2. The van der Waals surface area contributed by atoms with Crippen molar-refractivity contribution in [2.75, 3.05) is 5.01 Å². The zero-order chi connectivity index (χ0) is 18.1. The van der Waals surface area contributed by atoms with Crippen LogP contribution in [-0.4, -0.2) is 5.71 Å². The van der Waals surface area contributed by atoms with E-state index in [-0.39, 0.29) is 17.7 Å². The van der Waals surface area contributed by atoms with Gasteiger partial charge in [0, 0.05) is 6.42 Å². The van der Waals surface area contributed by atoms with Crippen LogP contribution in [0.5, 0.6) is 0 Å². The van der Waals surface area contributed by atoms with Crippen LogP contribution in [0.4, 0.5) is 14.5 Å². The van der Waals surface area contributed by atoms with Gasteiger partial charge in [0.25, 0.3) is 0 Å². The Bertz CT molecular complexity index is 953. The zero-order valence-electron chi connectivity index (χ0n) is 13.7. The maximum Gasteiger partial charge on any atom is 0.123 e. The Morgan fingerprint density at radius 2 is 1.46 bits per heavy atom. The minimum atomic E-state index is -0.287. The summed E-state index contributed by atoms with van der Waals surface area (Å²) in [6, 6.07) is 20.0. The van der Waals surface area contributed by atoms with Gasteiger partial charge < -0.3 is 0 Å². The first-order valence-corrected chi connectivity index (χ1v) is 8.62. The summed E-state index contributed by atoms with van der Waals surface area (Å²) in [5.41, 5.74) is 3.40. The van der Waals surface area contributed by atoms with Gasteiger partial charge in [0.1, 0.15) is 11.6 Å². The van der Waals surface area contributed by atoms with E-state index in [1.807, 2.05) is 29.3 Å². The van der Waals surface area contributed by atoms with E-state index in [1.54, 1.807) is 24.3 Å². The minimum absolute atomic E-state index is 0.115. The number of hydrogen-bond donors (Lipinski definition) is 0. The molecule has 2 nitrogen and oxygen atoms in total. The third kappa shape index (κ3) is 3.20. The average molecular weight is 369 g/mol. The van der Waals surface area contributed by atoms with Gasteiger partial charge in [-0.05, 0) is 47.5 Å². The Morgan fingerprint density at radius 1 is 0.846 bits per heavy atom. The molecule has 5 heteroatoms. The number of rotatable bonds is 3. The fourth-order valence-corrected chi connectivity index (χ4v) is 3.35. The van der Waals surface area contributed by atoms with Gasteiger partial charge in [-0.1, -0.05) is 48.0 Å².